The monoisotopic (exact) mass is 285 g/mol. The lowest BCUT2D eigenvalue weighted by Gasteiger charge is -2.03. The van der Waals surface area contributed by atoms with E-state index in [0.29, 0.717) is 6.54 Å². The molecule has 1 rings (SSSR count). The highest BCUT2D eigenvalue weighted by molar-refractivity contribution is 5.77. The standard InChI is InChI=1S/C14H27N3O3/c1-2-3-4-5-6-7-8-9-10-11-12-16-13(15)17-19-14(18)20-17/h2-12H2,1H3,(H2,15,16). The van der Waals surface area contributed by atoms with Gasteiger partial charge in [0.1, 0.15) is 0 Å². The molecule has 0 amide bonds. The zero-order valence-corrected chi connectivity index (χ0v) is 12.5. The molecule has 0 aromatic carbocycles. The van der Waals surface area contributed by atoms with Crippen LogP contribution in [0, 0.1) is 0 Å². The number of hydrogen-bond acceptors (Lipinski definition) is 4. The van der Waals surface area contributed by atoms with Crippen molar-refractivity contribution in [3.63, 3.8) is 0 Å². The summed E-state index contributed by atoms with van der Waals surface area (Å²) < 4.78 is 8.94. The highest BCUT2D eigenvalue weighted by atomic mass is 16.8. The van der Waals surface area contributed by atoms with Gasteiger partial charge in [-0.2, -0.15) is 4.79 Å². The molecule has 1 heterocycles. The molecule has 0 aliphatic carbocycles. The molecule has 0 unspecified atom stereocenters. The Labute approximate surface area is 119 Å². The molecule has 1 aromatic rings. The third-order valence-corrected chi connectivity index (χ3v) is 3.29. The zero-order chi connectivity index (χ0) is 14.6. The van der Waals surface area contributed by atoms with Gasteiger partial charge in [-0.3, -0.25) is 9.05 Å². The van der Waals surface area contributed by atoms with E-state index >= 15 is 0 Å². The molecular weight excluding hydrogens is 258 g/mol. The van der Waals surface area contributed by atoms with Crippen molar-refractivity contribution in [3.8, 4) is 0 Å². The van der Waals surface area contributed by atoms with Crippen LogP contribution in [-0.2, 0) is 0 Å². The number of nitrogens with two attached hydrogens (primary N) is 1. The van der Waals surface area contributed by atoms with Crippen LogP contribution in [0.5, 0.6) is 0 Å². The molecule has 6 heteroatoms. The topological polar surface area (TPSA) is 86.7 Å². The van der Waals surface area contributed by atoms with Gasteiger partial charge in [0.05, 0.1) is 0 Å². The molecule has 0 saturated carbocycles. The lowest BCUT2D eigenvalue weighted by molar-refractivity contribution is -0.0284. The predicted octanol–water partition coefficient (Wildman–Crippen LogP) is 3.12. The summed E-state index contributed by atoms with van der Waals surface area (Å²) in [4.78, 5) is 15.3. The molecular formula is C14H27N3O3. The second-order valence-corrected chi connectivity index (χ2v) is 5.11. The van der Waals surface area contributed by atoms with Crippen LogP contribution in [0.15, 0.2) is 18.8 Å². The first-order valence-electron chi connectivity index (χ1n) is 7.74. The van der Waals surface area contributed by atoms with Crippen LogP contribution in [0.4, 0.5) is 0 Å². The fraction of sp³-hybridized carbons (Fsp3) is 0.857. The lowest BCUT2D eigenvalue weighted by Crippen LogP contribution is -2.30. The minimum Gasteiger partial charge on any atom is -0.364 e. The Morgan fingerprint density at radius 3 is 2.00 bits per heavy atom. The van der Waals surface area contributed by atoms with Gasteiger partial charge in [0, 0.05) is 11.5 Å². The molecule has 0 aliphatic rings. The van der Waals surface area contributed by atoms with Gasteiger partial charge in [-0.05, 0) is 6.42 Å². The number of aliphatic imine (C=N–C) groups is 1. The maximum absolute atomic E-state index is 10.4. The van der Waals surface area contributed by atoms with Gasteiger partial charge in [-0.15, -0.1) is 0 Å². The molecule has 20 heavy (non-hydrogen) atoms. The van der Waals surface area contributed by atoms with Gasteiger partial charge in [0.25, 0.3) is 5.96 Å². The summed E-state index contributed by atoms with van der Waals surface area (Å²) >= 11 is 0. The maximum Gasteiger partial charge on any atom is 0.564 e. The summed E-state index contributed by atoms with van der Waals surface area (Å²) in [7, 11) is 0. The zero-order valence-electron chi connectivity index (χ0n) is 12.5. The number of hydrogen-bond donors (Lipinski definition) is 1. The minimum atomic E-state index is -0.748. The second kappa shape index (κ2) is 10.3. The average Bonchev–Trinajstić information content (AvgIpc) is 2.41. The van der Waals surface area contributed by atoms with E-state index in [9.17, 15) is 4.79 Å². The molecule has 116 valence electrons. The van der Waals surface area contributed by atoms with Gasteiger partial charge >= 0.3 is 5.82 Å². The highest BCUT2D eigenvalue weighted by Gasteiger charge is 2.06. The number of rotatable bonds is 11. The number of unbranched alkanes of at least 4 members (excludes halogenated alkanes) is 9. The molecule has 0 saturated heterocycles. The van der Waals surface area contributed by atoms with Crippen molar-refractivity contribution in [2.75, 3.05) is 6.54 Å². The minimum absolute atomic E-state index is 0.0977. The van der Waals surface area contributed by atoms with Crippen LogP contribution in [0.25, 0.3) is 0 Å². The quantitative estimate of drug-likeness (QED) is 0.384. The van der Waals surface area contributed by atoms with E-state index < -0.39 is 5.82 Å². The first-order chi connectivity index (χ1) is 9.74. The molecule has 0 spiro atoms. The fourth-order valence-electron chi connectivity index (χ4n) is 2.09. The summed E-state index contributed by atoms with van der Waals surface area (Å²) in [6, 6.07) is 0. The van der Waals surface area contributed by atoms with E-state index in [0.717, 1.165) is 17.8 Å². The Bertz CT molecular complexity index is 402. The van der Waals surface area contributed by atoms with E-state index in [1.165, 1.54) is 51.4 Å². The average molecular weight is 285 g/mol. The molecule has 0 radical (unpaired) electrons. The van der Waals surface area contributed by atoms with Crippen LogP contribution in [-0.4, -0.2) is 17.4 Å². The lowest BCUT2D eigenvalue weighted by atomic mass is 10.1. The molecule has 0 fully saturated rings. The molecule has 1 aromatic heterocycles. The van der Waals surface area contributed by atoms with Gasteiger partial charge in [0.2, 0.25) is 0 Å². The molecule has 0 aliphatic heterocycles. The molecule has 2 N–H and O–H groups in total. The van der Waals surface area contributed by atoms with Crippen molar-refractivity contribution in [1.29, 1.82) is 0 Å². The first kappa shape index (κ1) is 16.6. The number of aromatic nitrogens is 1. The number of nitrogens with zero attached hydrogens (tertiary/aromatic N) is 2. The van der Waals surface area contributed by atoms with E-state index in [-0.39, 0.29) is 5.96 Å². The SMILES string of the molecule is CCCCCCCCCCCCN=C(N)n1oc(=O)o1. The van der Waals surface area contributed by atoms with Gasteiger partial charge in [-0.25, -0.2) is 4.99 Å². The predicted molar refractivity (Wildman–Crippen MR) is 79.0 cm³/mol. The van der Waals surface area contributed by atoms with Crippen molar-refractivity contribution < 1.29 is 9.05 Å². The Morgan fingerprint density at radius 1 is 1.00 bits per heavy atom. The van der Waals surface area contributed by atoms with E-state index in [4.69, 9.17) is 5.73 Å². The summed E-state index contributed by atoms with van der Waals surface area (Å²) in [5, 5.41) is 0. The Morgan fingerprint density at radius 2 is 1.50 bits per heavy atom. The van der Waals surface area contributed by atoms with Crippen LogP contribution in [0.3, 0.4) is 0 Å². The molecule has 0 atom stereocenters. The Kier molecular flexibility index (Phi) is 8.58. The van der Waals surface area contributed by atoms with Crippen molar-refractivity contribution in [1.82, 2.24) is 4.91 Å². The van der Waals surface area contributed by atoms with Crippen molar-refractivity contribution >= 4 is 5.96 Å². The first-order valence-corrected chi connectivity index (χ1v) is 7.74. The molecule has 0 bridgehead atoms. The van der Waals surface area contributed by atoms with E-state index in [2.05, 4.69) is 21.0 Å². The van der Waals surface area contributed by atoms with Crippen LogP contribution in [0.1, 0.15) is 71.1 Å². The summed E-state index contributed by atoms with van der Waals surface area (Å²) in [6.45, 7) is 2.88. The normalized spacial score (nSPS) is 12.2. The smallest absolute Gasteiger partial charge is 0.364 e. The fourth-order valence-corrected chi connectivity index (χ4v) is 2.09. The molecule has 6 nitrogen and oxygen atoms in total. The third-order valence-electron chi connectivity index (χ3n) is 3.29. The second-order valence-electron chi connectivity index (χ2n) is 5.11. The van der Waals surface area contributed by atoms with Gasteiger partial charge in [0.15, 0.2) is 0 Å². The van der Waals surface area contributed by atoms with Gasteiger partial charge < -0.3 is 5.73 Å². The summed E-state index contributed by atoms with van der Waals surface area (Å²) in [6.07, 6.45) is 12.9. The van der Waals surface area contributed by atoms with E-state index in [1.54, 1.807) is 0 Å². The highest BCUT2D eigenvalue weighted by Crippen LogP contribution is 2.10. The summed E-state index contributed by atoms with van der Waals surface area (Å²) in [5.74, 6) is -0.650. The van der Waals surface area contributed by atoms with E-state index in [1.807, 2.05) is 0 Å². The Hall–Kier alpha value is -1.46. The van der Waals surface area contributed by atoms with Gasteiger partial charge in [-0.1, -0.05) is 64.7 Å². The maximum atomic E-state index is 10.4. The van der Waals surface area contributed by atoms with Crippen molar-refractivity contribution in [2.45, 2.75) is 71.1 Å². The van der Waals surface area contributed by atoms with Crippen LogP contribution >= 0.6 is 0 Å². The largest absolute Gasteiger partial charge is 0.564 e. The van der Waals surface area contributed by atoms with Crippen LogP contribution < -0.4 is 11.6 Å². The van der Waals surface area contributed by atoms with Crippen molar-refractivity contribution in [3.05, 3.63) is 10.6 Å². The third kappa shape index (κ3) is 7.21. The van der Waals surface area contributed by atoms with Crippen molar-refractivity contribution in [2.24, 2.45) is 10.7 Å². The van der Waals surface area contributed by atoms with Crippen LogP contribution in [0.2, 0.25) is 0 Å². The summed E-state index contributed by atoms with van der Waals surface area (Å²) in [5.41, 5.74) is 5.54. The Balaban J connectivity index is 1.88.